The number of unbranched alkanes of at least 4 members (excludes halogenated alkanes) is 16. The largest absolute Gasteiger partial charge is 1.00 e. The average molecular weight is 583 g/mol. The number of carboxylic acid groups (broad SMARTS) is 2. The van der Waals surface area contributed by atoms with Gasteiger partial charge in [-0.1, -0.05) is 127 Å². The molecular weight excluding hydrogens is 519 g/mol. The van der Waals surface area contributed by atoms with Gasteiger partial charge in [-0.15, -0.1) is 0 Å². The molecule has 0 saturated carbocycles. The molecule has 4 nitrogen and oxygen atoms in total. The van der Waals surface area contributed by atoms with Gasteiger partial charge in [0.1, 0.15) is 0 Å². The van der Waals surface area contributed by atoms with Gasteiger partial charge in [-0.3, -0.25) is 4.79 Å². The third-order valence-electron chi connectivity index (χ3n) is 6.67. The average Bonchev–Trinajstić information content (AvgIpc) is 2.93. The minimum atomic E-state index is -0.921. The van der Waals surface area contributed by atoms with Crippen molar-refractivity contribution in [2.75, 3.05) is 0 Å². The summed E-state index contributed by atoms with van der Waals surface area (Å²) in [5.74, 6) is -1.59. The minimum absolute atomic E-state index is 0. The predicted molar refractivity (Wildman–Crippen MR) is 171 cm³/mol. The van der Waals surface area contributed by atoms with E-state index < -0.39 is 11.9 Å². The van der Waals surface area contributed by atoms with Crippen LogP contribution in [-0.4, -0.2) is 17.0 Å². The molecule has 0 bridgehead atoms. The van der Waals surface area contributed by atoms with E-state index >= 15 is 0 Å². The second-order valence-electron chi connectivity index (χ2n) is 10.7. The monoisotopic (exact) mass is 582 g/mol. The molecule has 41 heavy (non-hydrogen) atoms. The van der Waals surface area contributed by atoms with Crippen LogP contribution in [0.2, 0.25) is 0 Å². The summed E-state index contributed by atoms with van der Waals surface area (Å²) in [4.78, 5) is 20.5. The topological polar surface area (TPSA) is 77.4 Å². The van der Waals surface area contributed by atoms with E-state index in [2.05, 4.69) is 62.5 Å². The van der Waals surface area contributed by atoms with Crippen molar-refractivity contribution in [3.8, 4) is 0 Å². The molecule has 0 saturated heterocycles. The molecule has 0 spiro atoms. The Bertz CT molecular complexity index is 596. The molecule has 0 aliphatic carbocycles. The molecule has 232 valence electrons. The quantitative estimate of drug-likeness (QED) is 0.0591. The van der Waals surface area contributed by atoms with Crippen molar-refractivity contribution >= 4 is 11.9 Å². The first kappa shape index (κ1) is 44.3. The number of hydrogen-bond donors (Lipinski definition) is 1. The van der Waals surface area contributed by atoms with Crippen LogP contribution >= 0.6 is 0 Å². The predicted octanol–water partition coefficient (Wildman–Crippen LogP) is 7.44. The first-order valence-corrected chi connectivity index (χ1v) is 16.6. The van der Waals surface area contributed by atoms with Gasteiger partial charge in [0.25, 0.3) is 0 Å². The van der Waals surface area contributed by atoms with Crippen molar-refractivity contribution in [1.29, 1.82) is 0 Å². The Morgan fingerprint density at radius 1 is 0.488 bits per heavy atom. The van der Waals surface area contributed by atoms with Crippen molar-refractivity contribution in [1.82, 2.24) is 0 Å². The van der Waals surface area contributed by atoms with Crippen LogP contribution in [0.3, 0.4) is 0 Å². The standard InChI is InChI=1S/2C18H32O2.Na/c2*1-2-3-4-5-6-7-8-9-10-11-12-13-14-15-16-17-18(19)20;/h2*6-7,9-10H,2-5,8,11-17H2,1H3,(H,19,20);/q;;+1/p-1/b2*7-6-,10-9-;. The number of rotatable bonds is 28. The van der Waals surface area contributed by atoms with E-state index in [1.54, 1.807) is 0 Å². The number of hydrogen-bond acceptors (Lipinski definition) is 3. The number of allylic oxidation sites excluding steroid dienone is 8. The molecule has 0 fully saturated rings. The van der Waals surface area contributed by atoms with Gasteiger partial charge in [0.05, 0.1) is 0 Å². The van der Waals surface area contributed by atoms with E-state index in [4.69, 9.17) is 5.11 Å². The Morgan fingerprint density at radius 2 is 0.805 bits per heavy atom. The fraction of sp³-hybridized carbons (Fsp3) is 0.722. The summed E-state index contributed by atoms with van der Waals surface area (Å²) in [6, 6.07) is 0. The fourth-order valence-electron chi connectivity index (χ4n) is 4.17. The number of carboxylic acids is 2. The van der Waals surface area contributed by atoms with Crippen molar-refractivity contribution in [2.24, 2.45) is 0 Å². The van der Waals surface area contributed by atoms with Gasteiger partial charge < -0.3 is 15.0 Å². The molecular formula is C36H63NaO4. The smallest absolute Gasteiger partial charge is 0.550 e. The minimum Gasteiger partial charge on any atom is -0.550 e. The van der Waals surface area contributed by atoms with Crippen LogP contribution in [0.5, 0.6) is 0 Å². The van der Waals surface area contributed by atoms with Gasteiger partial charge in [0.2, 0.25) is 0 Å². The van der Waals surface area contributed by atoms with Gasteiger partial charge in [-0.05, 0) is 83.5 Å². The molecule has 0 aliphatic rings. The Kier molecular flexibility index (Phi) is 44.4. The number of aliphatic carboxylic acids is 2. The Morgan fingerprint density at radius 3 is 1.15 bits per heavy atom. The Labute approximate surface area is 276 Å². The van der Waals surface area contributed by atoms with Crippen LogP contribution in [0.15, 0.2) is 48.6 Å². The van der Waals surface area contributed by atoms with Gasteiger partial charge in [0.15, 0.2) is 0 Å². The summed E-state index contributed by atoms with van der Waals surface area (Å²) in [7, 11) is 0. The van der Waals surface area contributed by atoms with Crippen LogP contribution in [0.4, 0.5) is 0 Å². The van der Waals surface area contributed by atoms with E-state index in [9.17, 15) is 14.7 Å². The summed E-state index contributed by atoms with van der Waals surface area (Å²) < 4.78 is 0. The number of carbonyl (C=O) groups excluding carboxylic acids is 1. The van der Waals surface area contributed by atoms with Crippen LogP contribution in [0.25, 0.3) is 0 Å². The van der Waals surface area contributed by atoms with E-state index in [1.807, 2.05) is 0 Å². The molecule has 5 heteroatoms. The van der Waals surface area contributed by atoms with Crippen molar-refractivity contribution in [3.63, 3.8) is 0 Å². The summed E-state index contributed by atoms with van der Waals surface area (Å²) in [6.07, 6.45) is 44.2. The van der Waals surface area contributed by atoms with Crippen LogP contribution in [0.1, 0.15) is 168 Å². The summed E-state index contributed by atoms with van der Waals surface area (Å²) in [6.45, 7) is 4.47. The molecule has 0 amide bonds. The molecule has 0 aromatic heterocycles. The van der Waals surface area contributed by atoms with E-state index in [-0.39, 0.29) is 36.0 Å². The summed E-state index contributed by atoms with van der Waals surface area (Å²) in [5, 5.41) is 18.7. The molecule has 1 N–H and O–H groups in total. The zero-order valence-electron chi connectivity index (χ0n) is 27.3. The second-order valence-corrected chi connectivity index (χ2v) is 10.7. The van der Waals surface area contributed by atoms with Crippen molar-refractivity contribution in [3.05, 3.63) is 48.6 Å². The molecule has 0 rings (SSSR count). The maximum atomic E-state index is 10.3. The van der Waals surface area contributed by atoms with Gasteiger partial charge >= 0.3 is 35.5 Å². The van der Waals surface area contributed by atoms with Crippen LogP contribution < -0.4 is 34.7 Å². The molecule has 0 aromatic carbocycles. The second kappa shape index (κ2) is 41.0. The molecule has 0 atom stereocenters. The summed E-state index contributed by atoms with van der Waals surface area (Å²) >= 11 is 0. The first-order chi connectivity index (χ1) is 19.5. The molecule has 0 heterocycles. The Balaban J connectivity index is -0.000000688. The van der Waals surface area contributed by atoms with E-state index in [1.165, 1.54) is 83.5 Å². The molecule has 0 aliphatic heterocycles. The zero-order chi connectivity index (χ0) is 29.8. The Hall–Kier alpha value is -1.10. The van der Waals surface area contributed by atoms with Crippen LogP contribution in [-0.2, 0) is 9.59 Å². The first-order valence-electron chi connectivity index (χ1n) is 16.6. The van der Waals surface area contributed by atoms with Gasteiger partial charge in [0, 0.05) is 12.4 Å². The van der Waals surface area contributed by atoms with Crippen molar-refractivity contribution < 1.29 is 49.4 Å². The van der Waals surface area contributed by atoms with Crippen LogP contribution in [0, 0.1) is 0 Å². The molecule has 0 radical (unpaired) electrons. The van der Waals surface area contributed by atoms with E-state index in [0.717, 1.165) is 57.8 Å². The van der Waals surface area contributed by atoms with Crippen molar-refractivity contribution in [2.45, 2.75) is 168 Å². The molecule has 0 aromatic rings. The zero-order valence-corrected chi connectivity index (χ0v) is 29.3. The van der Waals surface area contributed by atoms with E-state index in [0.29, 0.717) is 6.42 Å². The molecule has 0 unspecified atom stereocenters. The van der Waals surface area contributed by atoms with Gasteiger partial charge in [-0.25, -0.2) is 0 Å². The normalized spacial score (nSPS) is 11.4. The maximum Gasteiger partial charge on any atom is 1.00 e. The maximum absolute atomic E-state index is 10.3. The summed E-state index contributed by atoms with van der Waals surface area (Å²) in [5.41, 5.74) is 0. The third-order valence-corrected chi connectivity index (χ3v) is 6.67. The SMILES string of the molecule is CCCCC/C=C\C/C=C\CCCCCCCC(=O)O.CCCCC/C=C\C/C=C\CCCCCCCC(=O)[O-].[Na+]. The third kappa shape index (κ3) is 48.9. The van der Waals surface area contributed by atoms with Gasteiger partial charge in [-0.2, -0.15) is 0 Å². The fourth-order valence-corrected chi connectivity index (χ4v) is 4.17. The number of carbonyl (C=O) groups is 2.